The number of thiocarbonyl (C=S) groups is 1. The SMILES string of the molecule is CSC(=S)N=Nc1c(O)n(CCN2CCN(C)CC2)c2ccc(C)cc12. The van der Waals surface area contributed by atoms with Crippen LogP contribution in [0.2, 0.25) is 0 Å². The van der Waals surface area contributed by atoms with Crippen LogP contribution in [0.25, 0.3) is 10.9 Å². The van der Waals surface area contributed by atoms with E-state index in [0.29, 0.717) is 10.0 Å². The van der Waals surface area contributed by atoms with Crippen LogP contribution in [0.4, 0.5) is 5.69 Å². The number of thioether (sulfide) groups is 1. The number of benzene rings is 1. The Morgan fingerprint density at radius 3 is 2.65 bits per heavy atom. The summed E-state index contributed by atoms with van der Waals surface area (Å²) in [6.07, 6.45) is 1.87. The molecule has 0 saturated carbocycles. The van der Waals surface area contributed by atoms with Crippen LogP contribution in [0, 0.1) is 6.92 Å². The minimum atomic E-state index is 0.160. The highest BCUT2D eigenvalue weighted by Crippen LogP contribution is 2.39. The van der Waals surface area contributed by atoms with Gasteiger partial charge in [-0.1, -0.05) is 23.4 Å². The van der Waals surface area contributed by atoms with Crippen molar-refractivity contribution in [2.24, 2.45) is 10.2 Å². The van der Waals surface area contributed by atoms with Crippen molar-refractivity contribution in [3.63, 3.8) is 0 Å². The lowest BCUT2D eigenvalue weighted by molar-refractivity contribution is 0.149. The zero-order valence-corrected chi connectivity index (χ0v) is 17.1. The normalized spacial score (nSPS) is 16.7. The van der Waals surface area contributed by atoms with Crippen LogP contribution < -0.4 is 0 Å². The van der Waals surface area contributed by atoms with Crippen molar-refractivity contribution in [1.29, 1.82) is 0 Å². The molecular weight excluding hydrogens is 366 g/mol. The second-order valence-corrected chi connectivity index (χ2v) is 8.10. The molecule has 0 unspecified atom stereocenters. The Bertz CT molecular complexity index is 825. The van der Waals surface area contributed by atoms with Crippen LogP contribution in [0.5, 0.6) is 5.88 Å². The molecule has 0 spiro atoms. The van der Waals surface area contributed by atoms with Gasteiger partial charge >= 0.3 is 0 Å². The van der Waals surface area contributed by atoms with E-state index < -0.39 is 0 Å². The van der Waals surface area contributed by atoms with Crippen molar-refractivity contribution in [1.82, 2.24) is 14.4 Å². The lowest BCUT2D eigenvalue weighted by Crippen LogP contribution is -2.45. The van der Waals surface area contributed by atoms with Crippen LogP contribution in [-0.4, -0.2) is 69.8 Å². The highest BCUT2D eigenvalue weighted by molar-refractivity contribution is 8.22. The standard InChI is InChI=1S/C18H25N5OS2/c1-13-4-5-15-14(12-13)16(19-20-18(25)26-3)17(24)23(15)11-10-22-8-6-21(2)7-9-22/h4-5,12,24H,6-11H2,1-3H3. The summed E-state index contributed by atoms with van der Waals surface area (Å²) in [7, 11) is 2.15. The minimum absolute atomic E-state index is 0.160. The molecule has 1 fully saturated rings. The van der Waals surface area contributed by atoms with Crippen LogP contribution in [-0.2, 0) is 6.54 Å². The Labute approximate surface area is 163 Å². The first-order valence-corrected chi connectivity index (χ1v) is 10.4. The number of aromatic hydroxyl groups is 1. The quantitative estimate of drug-likeness (QED) is 0.637. The Morgan fingerprint density at radius 2 is 1.96 bits per heavy atom. The summed E-state index contributed by atoms with van der Waals surface area (Å²) in [6.45, 7) is 7.95. The first-order chi connectivity index (χ1) is 12.5. The van der Waals surface area contributed by atoms with E-state index in [1.807, 2.05) is 29.9 Å². The van der Waals surface area contributed by atoms with E-state index in [9.17, 15) is 5.11 Å². The first-order valence-electron chi connectivity index (χ1n) is 8.72. The number of fused-ring (bicyclic) bond motifs is 1. The van der Waals surface area contributed by atoms with Crippen LogP contribution in [0.15, 0.2) is 28.4 Å². The molecule has 0 bridgehead atoms. The molecule has 1 aromatic carbocycles. The molecule has 0 radical (unpaired) electrons. The fourth-order valence-electron chi connectivity index (χ4n) is 3.21. The van der Waals surface area contributed by atoms with Crippen molar-refractivity contribution >= 4 is 44.9 Å². The van der Waals surface area contributed by atoms with Gasteiger partial charge in [0.2, 0.25) is 5.88 Å². The molecule has 8 heteroatoms. The predicted molar refractivity (Wildman–Crippen MR) is 113 cm³/mol. The average Bonchev–Trinajstić information content (AvgIpc) is 2.89. The molecule has 1 aliphatic rings. The summed E-state index contributed by atoms with van der Waals surface area (Å²) in [5.74, 6) is 0.160. The topological polar surface area (TPSA) is 56.4 Å². The smallest absolute Gasteiger partial charge is 0.220 e. The van der Waals surface area contributed by atoms with Crippen molar-refractivity contribution < 1.29 is 5.11 Å². The van der Waals surface area contributed by atoms with E-state index in [0.717, 1.165) is 55.7 Å². The van der Waals surface area contributed by atoms with Gasteiger partial charge in [-0.25, -0.2) is 0 Å². The Balaban J connectivity index is 1.88. The van der Waals surface area contributed by atoms with Gasteiger partial charge in [-0.2, -0.15) is 0 Å². The number of likely N-dealkylation sites (N-methyl/N-ethyl adjacent to an activating group) is 1. The number of aromatic nitrogens is 1. The first kappa shape index (κ1) is 19.3. The maximum Gasteiger partial charge on any atom is 0.220 e. The summed E-state index contributed by atoms with van der Waals surface area (Å²) < 4.78 is 2.39. The van der Waals surface area contributed by atoms with Crippen LogP contribution >= 0.6 is 24.0 Å². The number of hydrogen-bond donors (Lipinski definition) is 1. The molecule has 2 aromatic rings. The van der Waals surface area contributed by atoms with E-state index >= 15 is 0 Å². The molecule has 0 aliphatic carbocycles. The molecule has 1 aliphatic heterocycles. The van der Waals surface area contributed by atoms with Crippen molar-refractivity contribution in [3.8, 4) is 5.88 Å². The fraction of sp³-hybridized carbons (Fsp3) is 0.500. The monoisotopic (exact) mass is 391 g/mol. The zero-order valence-electron chi connectivity index (χ0n) is 15.5. The fourth-order valence-corrected chi connectivity index (χ4v) is 3.37. The van der Waals surface area contributed by atoms with Crippen molar-refractivity contribution in [3.05, 3.63) is 23.8 Å². The molecule has 2 heterocycles. The highest BCUT2D eigenvalue weighted by atomic mass is 32.2. The number of hydrogen-bond acceptors (Lipinski definition) is 6. The predicted octanol–water partition coefficient (Wildman–Crippen LogP) is 3.63. The van der Waals surface area contributed by atoms with E-state index in [-0.39, 0.29) is 5.88 Å². The largest absolute Gasteiger partial charge is 0.493 e. The maximum atomic E-state index is 10.8. The van der Waals surface area contributed by atoms with Gasteiger partial charge in [0, 0.05) is 44.7 Å². The van der Waals surface area contributed by atoms with Gasteiger partial charge in [0.05, 0.1) is 5.52 Å². The lowest BCUT2D eigenvalue weighted by atomic mass is 10.1. The van der Waals surface area contributed by atoms with Gasteiger partial charge in [-0.05, 0) is 44.6 Å². The highest BCUT2D eigenvalue weighted by Gasteiger charge is 2.19. The molecule has 140 valence electrons. The summed E-state index contributed by atoms with van der Waals surface area (Å²) >= 11 is 6.47. The Morgan fingerprint density at radius 1 is 1.23 bits per heavy atom. The number of nitrogens with zero attached hydrogens (tertiary/aromatic N) is 5. The number of azo groups is 1. The van der Waals surface area contributed by atoms with Gasteiger partial charge < -0.3 is 14.6 Å². The van der Waals surface area contributed by atoms with Gasteiger partial charge in [-0.15, -0.1) is 10.2 Å². The van der Waals surface area contributed by atoms with Crippen molar-refractivity contribution in [2.75, 3.05) is 46.0 Å². The number of aryl methyl sites for hydroxylation is 1. The Kier molecular flexibility index (Phi) is 6.29. The van der Waals surface area contributed by atoms with E-state index in [4.69, 9.17) is 12.2 Å². The van der Waals surface area contributed by atoms with E-state index in [2.05, 4.69) is 33.1 Å². The van der Waals surface area contributed by atoms with Crippen molar-refractivity contribution in [2.45, 2.75) is 13.5 Å². The van der Waals surface area contributed by atoms with E-state index in [1.54, 1.807) is 0 Å². The molecule has 1 aromatic heterocycles. The second kappa shape index (κ2) is 8.47. The lowest BCUT2D eigenvalue weighted by Gasteiger charge is -2.32. The number of rotatable bonds is 4. The molecule has 26 heavy (non-hydrogen) atoms. The summed E-state index contributed by atoms with van der Waals surface area (Å²) in [5, 5.41) is 20.0. The third-order valence-electron chi connectivity index (χ3n) is 4.81. The molecule has 0 amide bonds. The average molecular weight is 392 g/mol. The van der Waals surface area contributed by atoms with Gasteiger partial charge in [0.25, 0.3) is 0 Å². The number of piperazine rings is 1. The third-order valence-corrected chi connectivity index (χ3v) is 5.82. The molecule has 0 atom stereocenters. The molecule has 1 saturated heterocycles. The Hall–Kier alpha value is -1.48. The van der Waals surface area contributed by atoms with Crippen LogP contribution in [0.1, 0.15) is 5.56 Å². The van der Waals surface area contributed by atoms with E-state index in [1.165, 1.54) is 11.8 Å². The molecule has 6 nitrogen and oxygen atoms in total. The van der Waals surface area contributed by atoms with Crippen LogP contribution in [0.3, 0.4) is 0 Å². The van der Waals surface area contributed by atoms with Gasteiger partial charge in [-0.3, -0.25) is 4.90 Å². The maximum absolute atomic E-state index is 10.8. The van der Waals surface area contributed by atoms with Gasteiger partial charge in [0.1, 0.15) is 0 Å². The molecule has 3 rings (SSSR count). The third kappa shape index (κ3) is 4.25. The summed E-state index contributed by atoms with van der Waals surface area (Å²) in [4.78, 5) is 4.78. The molecule has 1 N–H and O–H groups in total. The summed E-state index contributed by atoms with van der Waals surface area (Å²) in [6, 6.07) is 6.14. The van der Waals surface area contributed by atoms with Gasteiger partial charge in [0.15, 0.2) is 10.0 Å². The summed E-state index contributed by atoms with van der Waals surface area (Å²) in [5.41, 5.74) is 2.60. The minimum Gasteiger partial charge on any atom is -0.493 e. The molecular formula is C18H25N5OS2. The second-order valence-electron chi connectivity index (χ2n) is 6.66. The zero-order chi connectivity index (χ0) is 18.7.